The molecule has 5 heteroatoms. The molecule has 5 nitrogen and oxygen atoms in total. The van der Waals surface area contributed by atoms with Gasteiger partial charge in [0.15, 0.2) is 0 Å². The Hall–Kier alpha value is -3.34. The summed E-state index contributed by atoms with van der Waals surface area (Å²) in [5.41, 5.74) is 4.24. The van der Waals surface area contributed by atoms with Crippen LogP contribution in [0.2, 0.25) is 0 Å². The minimum atomic E-state index is -0.307. The first kappa shape index (κ1) is 19.4. The fourth-order valence-electron chi connectivity index (χ4n) is 2.82. The SMILES string of the molecule is CCCOc1cc(-c2ccc(CNC(=O)c3cccc(=O)[nH]3)cc2)ccc1C. The topological polar surface area (TPSA) is 71.2 Å². The van der Waals surface area contributed by atoms with E-state index in [9.17, 15) is 9.59 Å². The normalized spacial score (nSPS) is 10.5. The number of aromatic nitrogens is 1. The molecule has 0 fully saturated rings. The van der Waals surface area contributed by atoms with Gasteiger partial charge in [0.1, 0.15) is 11.4 Å². The van der Waals surface area contributed by atoms with Gasteiger partial charge in [-0.1, -0.05) is 49.4 Å². The third-order valence-corrected chi connectivity index (χ3v) is 4.40. The van der Waals surface area contributed by atoms with Gasteiger partial charge in [-0.15, -0.1) is 0 Å². The third kappa shape index (κ3) is 4.88. The van der Waals surface area contributed by atoms with Gasteiger partial charge < -0.3 is 15.0 Å². The van der Waals surface area contributed by atoms with Crippen molar-refractivity contribution in [1.29, 1.82) is 0 Å². The second kappa shape index (κ2) is 9.04. The highest BCUT2D eigenvalue weighted by Gasteiger charge is 2.07. The van der Waals surface area contributed by atoms with Crippen molar-refractivity contribution >= 4 is 5.91 Å². The van der Waals surface area contributed by atoms with Crippen molar-refractivity contribution in [3.63, 3.8) is 0 Å². The molecule has 1 aromatic heterocycles. The summed E-state index contributed by atoms with van der Waals surface area (Å²) in [7, 11) is 0. The molecule has 144 valence electrons. The number of ether oxygens (including phenoxy) is 1. The van der Waals surface area contributed by atoms with Gasteiger partial charge in [0, 0.05) is 12.6 Å². The van der Waals surface area contributed by atoms with Gasteiger partial charge in [0.25, 0.3) is 5.91 Å². The first-order valence-electron chi connectivity index (χ1n) is 9.37. The summed E-state index contributed by atoms with van der Waals surface area (Å²) < 4.78 is 5.81. The lowest BCUT2D eigenvalue weighted by Crippen LogP contribution is -2.25. The highest BCUT2D eigenvalue weighted by Crippen LogP contribution is 2.27. The van der Waals surface area contributed by atoms with E-state index in [1.807, 2.05) is 31.2 Å². The highest BCUT2D eigenvalue weighted by molar-refractivity contribution is 5.92. The minimum absolute atomic E-state index is 0.253. The van der Waals surface area contributed by atoms with Crippen LogP contribution in [0, 0.1) is 6.92 Å². The first-order chi connectivity index (χ1) is 13.6. The number of amides is 1. The van der Waals surface area contributed by atoms with Crippen molar-refractivity contribution in [2.24, 2.45) is 0 Å². The van der Waals surface area contributed by atoms with E-state index in [1.54, 1.807) is 12.1 Å². The van der Waals surface area contributed by atoms with Crippen molar-refractivity contribution in [3.05, 3.63) is 87.8 Å². The van der Waals surface area contributed by atoms with Gasteiger partial charge in [-0.2, -0.15) is 0 Å². The molecule has 0 saturated heterocycles. The molecule has 0 aliphatic rings. The van der Waals surface area contributed by atoms with Crippen LogP contribution in [0.15, 0.2) is 65.5 Å². The predicted octanol–water partition coefficient (Wildman–Crippen LogP) is 4.07. The van der Waals surface area contributed by atoms with E-state index in [4.69, 9.17) is 4.74 Å². The Morgan fingerprint density at radius 1 is 1.04 bits per heavy atom. The molecule has 2 aromatic carbocycles. The molecular formula is C23H24N2O3. The lowest BCUT2D eigenvalue weighted by atomic mass is 10.0. The van der Waals surface area contributed by atoms with Crippen molar-refractivity contribution in [3.8, 4) is 16.9 Å². The number of hydrogen-bond acceptors (Lipinski definition) is 3. The maximum Gasteiger partial charge on any atom is 0.268 e. The maximum atomic E-state index is 12.1. The Morgan fingerprint density at radius 2 is 1.79 bits per heavy atom. The number of carbonyl (C=O) groups is 1. The molecule has 28 heavy (non-hydrogen) atoms. The Kier molecular flexibility index (Phi) is 6.27. The fourth-order valence-corrected chi connectivity index (χ4v) is 2.82. The molecule has 1 amide bonds. The third-order valence-electron chi connectivity index (χ3n) is 4.40. The second-order valence-corrected chi connectivity index (χ2v) is 6.64. The summed E-state index contributed by atoms with van der Waals surface area (Å²) in [4.78, 5) is 25.9. The van der Waals surface area contributed by atoms with Crippen LogP contribution in [0.5, 0.6) is 5.75 Å². The van der Waals surface area contributed by atoms with E-state index in [2.05, 4.69) is 35.4 Å². The molecule has 3 rings (SSSR count). The number of H-pyrrole nitrogens is 1. The number of aromatic amines is 1. The molecule has 0 aliphatic heterocycles. The smallest absolute Gasteiger partial charge is 0.268 e. The van der Waals surface area contributed by atoms with Crippen molar-refractivity contribution in [2.75, 3.05) is 6.61 Å². The maximum absolute atomic E-state index is 12.1. The zero-order valence-electron chi connectivity index (χ0n) is 16.1. The summed E-state index contributed by atoms with van der Waals surface area (Å²) in [6.07, 6.45) is 0.973. The molecule has 0 spiro atoms. The van der Waals surface area contributed by atoms with Crippen molar-refractivity contribution in [2.45, 2.75) is 26.8 Å². The molecule has 0 radical (unpaired) electrons. The monoisotopic (exact) mass is 376 g/mol. The Bertz CT molecular complexity index is 1010. The van der Waals surface area contributed by atoms with Gasteiger partial charge in [-0.05, 0) is 47.7 Å². The summed E-state index contributed by atoms with van der Waals surface area (Å²) >= 11 is 0. The van der Waals surface area contributed by atoms with E-state index in [-0.39, 0.29) is 17.2 Å². The zero-order chi connectivity index (χ0) is 19.9. The van der Waals surface area contributed by atoms with Crippen LogP contribution in [0.1, 0.15) is 35.0 Å². The molecule has 3 aromatic rings. The Morgan fingerprint density at radius 3 is 2.50 bits per heavy atom. The molecule has 2 N–H and O–H groups in total. The zero-order valence-corrected chi connectivity index (χ0v) is 16.1. The molecule has 1 heterocycles. The molecule has 0 unspecified atom stereocenters. The van der Waals surface area contributed by atoms with Crippen LogP contribution in [-0.4, -0.2) is 17.5 Å². The van der Waals surface area contributed by atoms with Crippen molar-refractivity contribution < 1.29 is 9.53 Å². The van der Waals surface area contributed by atoms with E-state index < -0.39 is 0 Å². The van der Waals surface area contributed by atoms with Crippen LogP contribution >= 0.6 is 0 Å². The van der Waals surface area contributed by atoms with E-state index in [0.29, 0.717) is 13.2 Å². The average Bonchev–Trinajstić information content (AvgIpc) is 2.72. The molecule has 0 aliphatic carbocycles. The van der Waals surface area contributed by atoms with E-state index in [0.717, 1.165) is 34.4 Å². The Labute approximate surface area is 164 Å². The van der Waals surface area contributed by atoms with Gasteiger partial charge in [-0.3, -0.25) is 9.59 Å². The van der Waals surface area contributed by atoms with E-state index in [1.165, 1.54) is 6.07 Å². The van der Waals surface area contributed by atoms with Crippen molar-refractivity contribution in [1.82, 2.24) is 10.3 Å². The second-order valence-electron chi connectivity index (χ2n) is 6.64. The molecule has 0 saturated carbocycles. The lowest BCUT2D eigenvalue weighted by Gasteiger charge is -2.11. The quantitative estimate of drug-likeness (QED) is 0.653. The minimum Gasteiger partial charge on any atom is -0.493 e. The first-order valence-corrected chi connectivity index (χ1v) is 9.37. The molecular weight excluding hydrogens is 352 g/mol. The Balaban J connectivity index is 1.66. The average molecular weight is 376 g/mol. The van der Waals surface area contributed by atoms with Crippen LogP contribution in [0.3, 0.4) is 0 Å². The van der Waals surface area contributed by atoms with Gasteiger partial charge >= 0.3 is 0 Å². The lowest BCUT2D eigenvalue weighted by molar-refractivity contribution is 0.0945. The van der Waals surface area contributed by atoms with Crippen LogP contribution in [-0.2, 0) is 6.54 Å². The van der Waals surface area contributed by atoms with Gasteiger partial charge in [-0.25, -0.2) is 0 Å². The highest BCUT2D eigenvalue weighted by atomic mass is 16.5. The van der Waals surface area contributed by atoms with Crippen LogP contribution < -0.4 is 15.6 Å². The summed E-state index contributed by atoms with van der Waals surface area (Å²) in [5.74, 6) is 0.602. The summed E-state index contributed by atoms with van der Waals surface area (Å²) in [6.45, 7) is 5.22. The van der Waals surface area contributed by atoms with Gasteiger partial charge in [0.2, 0.25) is 5.56 Å². The largest absolute Gasteiger partial charge is 0.493 e. The number of hydrogen-bond donors (Lipinski definition) is 2. The standard InChI is InChI=1S/C23H24N2O3/c1-3-13-28-21-14-19(10-7-16(21)2)18-11-8-17(9-12-18)15-24-23(27)20-5-4-6-22(26)25-20/h4-12,14H,3,13,15H2,1-2H3,(H,24,27)(H,25,26). The number of carbonyl (C=O) groups excluding carboxylic acids is 1. The number of nitrogens with one attached hydrogen (secondary N) is 2. The number of aryl methyl sites for hydroxylation is 1. The molecule has 0 atom stereocenters. The van der Waals surface area contributed by atoms with Crippen LogP contribution in [0.25, 0.3) is 11.1 Å². The van der Waals surface area contributed by atoms with E-state index >= 15 is 0 Å². The number of pyridine rings is 1. The van der Waals surface area contributed by atoms with Crippen LogP contribution in [0.4, 0.5) is 0 Å². The summed E-state index contributed by atoms with van der Waals surface area (Å²) in [5, 5.41) is 2.81. The number of benzene rings is 2. The summed E-state index contributed by atoms with van der Waals surface area (Å²) in [6, 6.07) is 18.7. The van der Waals surface area contributed by atoms with Gasteiger partial charge in [0.05, 0.1) is 6.61 Å². The molecule has 0 bridgehead atoms. The predicted molar refractivity (Wildman–Crippen MR) is 111 cm³/mol. The number of rotatable bonds is 7. The fraction of sp³-hybridized carbons (Fsp3) is 0.217.